The van der Waals surface area contributed by atoms with Crippen molar-refractivity contribution in [1.29, 1.82) is 0 Å². The van der Waals surface area contributed by atoms with Crippen molar-refractivity contribution in [3.8, 4) is 11.5 Å². The van der Waals surface area contributed by atoms with E-state index in [1.54, 1.807) is 14.2 Å². The van der Waals surface area contributed by atoms with Crippen LogP contribution >= 0.6 is 12.2 Å². The molecule has 150 valence electrons. The molecule has 0 spiro atoms. The Kier molecular flexibility index (Phi) is 5.40. The molecule has 0 bridgehead atoms. The maximum absolute atomic E-state index is 13.5. The number of aromatic nitrogens is 1. The third-order valence-corrected chi connectivity index (χ3v) is 5.47. The summed E-state index contributed by atoms with van der Waals surface area (Å²) >= 11 is 5.78. The Morgan fingerprint density at radius 3 is 2.59 bits per heavy atom. The summed E-state index contributed by atoms with van der Waals surface area (Å²) in [5.74, 6) is 1.12. The minimum absolute atomic E-state index is 0.115. The number of halogens is 1. The highest BCUT2D eigenvalue weighted by atomic mass is 32.1. The maximum Gasteiger partial charge on any atom is 0.174 e. The van der Waals surface area contributed by atoms with Gasteiger partial charge in [0.15, 0.2) is 5.11 Å². The van der Waals surface area contributed by atoms with Gasteiger partial charge in [-0.3, -0.25) is 0 Å². The number of hydrogen-bond acceptors (Lipinski definition) is 3. The Morgan fingerprint density at radius 2 is 1.86 bits per heavy atom. The van der Waals surface area contributed by atoms with Crippen LogP contribution in [0.1, 0.15) is 17.3 Å². The molecule has 0 saturated carbocycles. The number of hydrogen-bond donors (Lipinski definition) is 1. The summed E-state index contributed by atoms with van der Waals surface area (Å²) in [7, 11) is 3.23. The van der Waals surface area contributed by atoms with Crippen molar-refractivity contribution in [3.05, 3.63) is 77.9 Å². The van der Waals surface area contributed by atoms with Crippen LogP contribution in [0, 0.1) is 5.82 Å². The van der Waals surface area contributed by atoms with E-state index in [9.17, 15) is 4.39 Å². The van der Waals surface area contributed by atoms with Crippen LogP contribution in [-0.2, 0) is 6.54 Å². The molecule has 0 radical (unpaired) electrons. The molecule has 1 N–H and O–H groups in total. The van der Waals surface area contributed by atoms with E-state index in [0.29, 0.717) is 16.6 Å². The lowest BCUT2D eigenvalue weighted by Gasteiger charge is -2.39. The number of benzene rings is 2. The highest BCUT2D eigenvalue weighted by Crippen LogP contribution is 2.34. The van der Waals surface area contributed by atoms with Crippen LogP contribution in [0.5, 0.6) is 11.5 Å². The van der Waals surface area contributed by atoms with Crippen LogP contribution in [0.2, 0.25) is 0 Å². The minimum atomic E-state index is -0.256. The van der Waals surface area contributed by atoms with Gasteiger partial charge in [0.2, 0.25) is 0 Å². The second kappa shape index (κ2) is 8.13. The first-order valence-electron chi connectivity index (χ1n) is 9.31. The van der Waals surface area contributed by atoms with E-state index in [1.165, 1.54) is 12.1 Å². The fourth-order valence-electron chi connectivity index (χ4n) is 3.70. The molecule has 3 aromatic rings. The first-order chi connectivity index (χ1) is 14.1. The number of rotatable bonds is 4. The Bertz CT molecular complexity index is 1020. The standard InChI is InChI=1S/C22H22FN3O2S/c1-27-17-9-10-20(28-2)18(14-17)24-22(29)26-13-12-25-11-3-4-19(25)21(26)15-5-7-16(23)8-6-15/h3-11,14,21H,12-13H2,1-2H3,(H,24,29)/t21-/m1/s1. The average molecular weight is 412 g/mol. The lowest BCUT2D eigenvalue weighted by Crippen LogP contribution is -2.44. The zero-order valence-corrected chi connectivity index (χ0v) is 17.1. The largest absolute Gasteiger partial charge is 0.497 e. The zero-order chi connectivity index (χ0) is 20.4. The molecule has 0 fully saturated rings. The summed E-state index contributed by atoms with van der Waals surface area (Å²) in [4.78, 5) is 2.12. The van der Waals surface area contributed by atoms with Crippen molar-refractivity contribution in [2.24, 2.45) is 0 Å². The van der Waals surface area contributed by atoms with Gasteiger partial charge in [0.05, 0.1) is 25.9 Å². The topological polar surface area (TPSA) is 38.7 Å². The van der Waals surface area contributed by atoms with E-state index in [-0.39, 0.29) is 11.9 Å². The number of methoxy groups -OCH3 is 2. The number of ether oxygens (including phenoxy) is 2. The van der Waals surface area contributed by atoms with Gasteiger partial charge < -0.3 is 24.3 Å². The monoisotopic (exact) mass is 411 g/mol. The molecule has 0 aliphatic carbocycles. The van der Waals surface area contributed by atoms with Crippen LogP contribution < -0.4 is 14.8 Å². The Labute approximate surface area is 174 Å². The Hall–Kier alpha value is -3.06. The van der Waals surface area contributed by atoms with Gasteiger partial charge in [0.25, 0.3) is 0 Å². The molecule has 0 saturated heterocycles. The molecule has 5 nitrogen and oxygen atoms in total. The predicted octanol–water partition coefficient (Wildman–Crippen LogP) is 4.45. The molecular weight excluding hydrogens is 389 g/mol. The smallest absolute Gasteiger partial charge is 0.174 e. The van der Waals surface area contributed by atoms with Gasteiger partial charge in [-0.2, -0.15) is 0 Å². The molecule has 4 rings (SSSR count). The molecule has 1 aliphatic heterocycles. The summed E-state index contributed by atoms with van der Waals surface area (Å²) in [6.07, 6.45) is 2.06. The molecule has 2 heterocycles. The SMILES string of the molecule is COc1ccc(OC)c(NC(=S)N2CCn3cccc3[C@H]2c2ccc(F)cc2)c1. The van der Waals surface area contributed by atoms with E-state index < -0.39 is 0 Å². The molecule has 29 heavy (non-hydrogen) atoms. The summed E-state index contributed by atoms with van der Waals surface area (Å²) in [6.45, 7) is 1.54. The van der Waals surface area contributed by atoms with Gasteiger partial charge in [-0.1, -0.05) is 12.1 Å². The average Bonchev–Trinajstić information content (AvgIpc) is 3.22. The summed E-state index contributed by atoms with van der Waals surface area (Å²) in [5.41, 5.74) is 2.83. The molecule has 0 amide bonds. The fraction of sp³-hybridized carbons (Fsp3) is 0.227. The minimum Gasteiger partial charge on any atom is -0.497 e. The highest BCUT2D eigenvalue weighted by molar-refractivity contribution is 7.80. The molecule has 7 heteroatoms. The van der Waals surface area contributed by atoms with Crippen molar-refractivity contribution in [3.63, 3.8) is 0 Å². The van der Waals surface area contributed by atoms with E-state index in [0.717, 1.165) is 30.0 Å². The number of anilines is 1. The third kappa shape index (κ3) is 3.78. The van der Waals surface area contributed by atoms with E-state index in [4.69, 9.17) is 21.7 Å². The summed E-state index contributed by atoms with van der Waals surface area (Å²) in [6, 6.07) is 16.1. The van der Waals surface area contributed by atoms with Gasteiger partial charge in [0, 0.05) is 31.0 Å². The number of nitrogens with zero attached hydrogens (tertiary/aromatic N) is 2. The molecule has 1 aromatic heterocycles. The quantitative estimate of drug-likeness (QED) is 0.643. The fourth-order valence-corrected chi connectivity index (χ4v) is 4.00. The third-order valence-electron chi connectivity index (χ3n) is 5.13. The van der Waals surface area contributed by atoms with Crippen molar-refractivity contribution in [2.75, 3.05) is 26.1 Å². The first kappa shape index (κ1) is 19.3. The number of thiocarbonyl (C=S) groups is 1. The van der Waals surface area contributed by atoms with Crippen LogP contribution in [0.4, 0.5) is 10.1 Å². The lowest BCUT2D eigenvalue weighted by atomic mass is 10.0. The second-order valence-electron chi connectivity index (χ2n) is 6.77. The zero-order valence-electron chi connectivity index (χ0n) is 16.3. The van der Waals surface area contributed by atoms with Crippen LogP contribution in [0.15, 0.2) is 60.8 Å². The second-order valence-corrected chi connectivity index (χ2v) is 7.16. The van der Waals surface area contributed by atoms with Gasteiger partial charge in [-0.15, -0.1) is 0 Å². The molecule has 1 atom stereocenters. The Morgan fingerprint density at radius 1 is 1.07 bits per heavy atom. The van der Waals surface area contributed by atoms with Gasteiger partial charge >= 0.3 is 0 Å². The van der Waals surface area contributed by atoms with Crippen LogP contribution in [0.25, 0.3) is 0 Å². The normalized spacial score (nSPS) is 15.6. The Balaban J connectivity index is 1.67. The molecular formula is C22H22FN3O2S. The van der Waals surface area contributed by atoms with Crippen molar-refractivity contribution >= 4 is 23.0 Å². The molecule has 1 aliphatic rings. The van der Waals surface area contributed by atoms with Crippen LogP contribution in [-0.4, -0.2) is 35.3 Å². The number of nitrogens with one attached hydrogen (secondary N) is 1. The predicted molar refractivity (Wildman–Crippen MR) is 115 cm³/mol. The molecule has 2 aromatic carbocycles. The van der Waals surface area contributed by atoms with Crippen molar-refractivity contribution < 1.29 is 13.9 Å². The van der Waals surface area contributed by atoms with Crippen molar-refractivity contribution in [2.45, 2.75) is 12.6 Å². The summed E-state index contributed by atoms with van der Waals surface area (Å²) < 4.78 is 26.5. The number of fused-ring (bicyclic) bond motifs is 1. The molecule has 0 unspecified atom stereocenters. The first-order valence-corrected chi connectivity index (χ1v) is 9.71. The van der Waals surface area contributed by atoms with E-state index >= 15 is 0 Å². The van der Waals surface area contributed by atoms with Crippen LogP contribution in [0.3, 0.4) is 0 Å². The summed E-state index contributed by atoms with van der Waals surface area (Å²) in [5, 5.41) is 3.88. The lowest BCUT2D eigenvalue weighted by molar-refractivity contribution is 0.293. The van der Waals surface area contributed by atoms with Gasteiger partial charge in [-0.25, -0.2) is 4.39 Å². The van der Waals surface area contributed by atoms with Gasteiger partial charge in [-0.05, 0) is 54.2 Å². The van der Waals surface area contributed by atoms with E-state index in [2.05, 4.69) is 27.0 Å². The van der Waals surface area contributed by atoms with E-state index in [1.807, 2.05) is 36.4 Å². The maximum atomic E-state index is 13.5. The van der Waals surface area contributed by atoms with Gasteiger partial charge in [0.1, 0.15) is 17.3 Å². The van der Waals surface area contributed by atoms with Crippen molar-refractivity contribution in [1.82, 2.24) is 9.47 Å². The highest BCUT2D eigenvalue weighted by Gasteiger charge is 2.30.